The Morgan fingerprint density at radius 1 is 0.971 bits per heavy atom. The van der Waals surface area contributed by atoms with Gasteiger partial charge in [0.1, 0.15) is 42.2 Å². The maximum absolute atomic E-state index is 15.5. The van der Waals surface area contributed by atoms with Crippen molar-refractivity contribution in [1.82, 2.24) is 24.8 Å². The van der Waals surface area contributed by atoms with Gasteiger partial charge in [-0.3, -0.25) is 10.2 Å². The lowest BCUT2D eigenvalue weighted by atomic mass is 9.94. The molecule has 0 bridgehead atoms. The van der Waals surface area contributed by atoms with E-state index in [1.165, 1.54) is 25.3 Å². The fourth-order valence-electron chi connectivity index (χ4n) is 9.47. The summed E-state index contributed by atoms with van der Waals surface area (Å²) < 4.78 is 99.4. The van der Waals surface area contributed by atoms with Crippen LogP contribution in [0.5, 0.6) is 23.3 Å². The van der Waals surface area contributed by atoms with E-state index < -0.39 is 48.0 Å². The minimum Gasteiger partial charge on any atom is -0.497 e. The highest BCUT2D eigenvalue weighted by atomic mass is 35.5. The van der Waals surface area contributed by atoms with Gasteiger partial charge in [-0.25, -0.2) is 23.5 Å². The number of methoxy groups -OCH3 is 2. The summed E-state index contributed by atoms with van der Waals surface area (Å²) in [6, 6.07) is 20.5. The SMILES string of the molecule is COc1ccc(CN(Cc2ccc(OC)cc2)c2cc(C)c(C(F)(F)F)c(-c3cc4nc(OC[C@]56CCCN5CC(F)(F)C6)nc5c4c(c3Cl)OCCN5Cc3cccnc3NC(=O)O)n2)cc1. The van der Waals surface area contributed by atoms with Crippen molar-refractivity contribution >= 4 is 46.1 Å². The number of hydrogen-bond acceptors (Lipinski definition) is 12. The zero-order valence-electron chi connectivity index (χ0n) is 37.2. The average molecular weight is 961 g/mol. The molecule has 2 N–H and O–H groups in total. The number of aryl methyl sites for hydroxylation is 1. The third-order valence-corrected chi connectivity index (χ3v) is 13.0. The molecule has 0 radical (unpaired) electrons. The Hall–Kier alpha value is -6.73. The number of benzene rings is 3. The third kappa shape index (κ3) is 9.41. The monoisotopic (exact) mass is 960 g/mol. The van der Waals surface area contributed by atoms with E-state index >= 15 is 13.2 Å². The van der Waals surface area contributed by atoms with Crippen molar-refractivity contribution in [3.63, 3.8) is 0 Å². The first-order chi connectivity index (χ1) is 32.5. The number of ether oxygens (including phenoxy) is 4. The molecule has 3 aromatic carbocycles. The molecular formula is C48H46ClF5N8O6. The van der Waals surface area contributed by atoms with Crippen LogP contribution in [0.3, 0.4) is 0 Å². The van der Waals surface area contributed by atoms with Gasteiger partial charge in [0, 0.05) is 43.4 Å². The van der Waals surface area contributed by atoms with Crippen LogP contribution in [0, 0.1) is 6.92 Å². The molecule has 1 atom stereocenters. The number of amides is 1. The van der Waals surface area contributed by atoms with E-state index in [4.69, 9.17) is 45.5 Å². The summed E-state index contributed by atoms with van der Waals surface area (Å²) in [6.45, 7) is 1.86. The van der Waals surface area contributed by atoms with Gasteiger partial charge in [0.2, 0.25) is 0 Å². The van der Waals surface area contributed by atoms with E-state index in [0.717, 1.165) is 11.1 Å². The molecule has 14 nitrogen and oxygen atoms in total. The molecule has 3 aliphatic heterocycles. The number of halogens is 6. The van der Waals surface area contributed by atoms with Crippen molar-refractivity contribution in [2.45, 2.75) is 63.5 Å². The van der Waals surface area contributed by atoms with Crippen molar-refractivity contribution in [2.75, 3.05) is 62.2 Å². The standard InChI is InChI=1S/C48H46ClF5N8O6/c1-28-20-36(61(22-29-7-11-32(65-2)12-8-29)23-30-9-13-33(66-3)14-10-30)57-40(38(28)48(52,53)54)34-21-35-37-41(39(34)49)67-19-18-60(24-31-6-4-16-55-42(31)58-45(63)64)43(37)59-44(56-35)68-27-46-15-5-17-62(46)26-47(50,51)25-46/h4,6-14,16,20-21H,5,15,17-19,22-27H2,1-3H3,(H,55,58)(H,63,64)/t46-/m1/s1. The van der Waals surface area contributed by atoms with Gasteiger partial charge in [-0.1, -0.05) is 41.9 Å². The van der Waals surface area contributed by atoms with Crippen LogP contribution in [0.25, 0.3) is 22.2 Å². The lowest BCUT2D eigenvalue weighted by molar-refractivity contribution is -0.137. The second-order valence-corrected chi connectivity index (χ2v) is 17.5. The van der Waals surface area contributed by atoms with Crippen LogP contribution in [-0.2, 0) is 25.8 Å². The molecule has 6 aromatic rings. The predicted octanol–water partition coefficient (Wildman–Crippen LogP) is 10.0. The molecule has 0 spiro atoms. The lowest BCUT2D eigenvalue weighted by Gasteiger charge is -2.30. The highest BCUT2D eigenvalue weighted by molar-refractivity contribution is 6.36. The number of alkyl halides is 5. The Kier molecular flexibility index (Phi) is 12.6. The molecule has 0 saturated carbocycles. The summed E-state index contributed by atoms with van der Waals surface area (Å²) in [5.41, 5.74) is -0.543. The van der Waals surface area contributed by atoms with E-state index in [2.05, 4.69) is 10.3 Å². The summed E-state index contributed by atoms with van der Waals surface area (Å²) in [7, 11) is 3.11. The minimum absolute atomic E-state index is 0.0133. The van der Waals surface area contributed by atoms with Crippen molar-refractivity contribution in [3.05, 3.63) is 112 Å². The number of nitrogens with one attached hydrogen (secondary N) is 1. The molecule has 356 valence electrons. The lowest BCUT2D eigenvalue weighted by Crippen LogP contribution is -2.43. The van der Waals surface area contributed by atoms with Crippen molar-refractivity contribution in [1.29, 1.82) is 0 Å². The van der Waals surface area contributed by atoms with E-state index in [9.17, 15) is 18.7 Å². The molecule has 1 amide bonds. The van der Waals surface area contributed by atoms with E-state index in [1.54, 1.807) is 60.4 Å². The summed E-state index contributed by atoms with van der Waals surface area (Å²) >= 11 is 7.25. The second kappa shape index (κ2) is 18.4. The maximum atomic E-state index is 15.5. The first kappa shape index (κ1) is 46.4. The molecule has 3 aromatic heterocycles. The summed E-state index contributed by atoms with van der Waals surface area (Å²) in [5.74, 6) is -1.18. The van der Waals surface area contributed by atoms with Crippen LogP contribution in [0.4, 0.5) is 44.2 Å². The van der Waals surface area contributed by atoms with Crippen LogP contribution in [0.1, 0.15) is 47.1 Å². The van der Waals surface area contributed by atoms with Gasteiger partial charge in [-0.2, -0.15) is 23.1 Å². The van der Waals surface area contributed by atoms with Gasteiger partial charge in [0.05, 0.1) is 60.0 Å². The molecule has 2 fully saturated rings. The molecule has 68 heavy (non-hydrogen) atoms. The molecule has 3 aliphatic rings. The predicted molar refractivity (Wildman–Crippen MR) is 244 cm³/mol. The highest BCUT2D eigenvalue weighted by Gasteiger charge is 2.57. The molecule has 0 aliphatic carbocycles. The number of anilines is 3. The third-order valence-electron chi connectivity index (χ3n) is 12.6. The first-order valence-corrected chi connectivity index (χ1v) is 22.1. The number of fused-ring (bicyclic) bond motifs is 1. The number of carboxylic acid groups (broad SMARTS) is 1. The van der Waals surface area contributed by atoms with Crippen molar-refractivity contribution in [3.8, 4) is 34.5 Å². The summed E-state index contributed by atoms with van der Waals surface area (Å²) in [4.78, 5) is 35.6. The fourth-order valence-corrected chi connectivity index (χ4v) is 9.76. The molecule has 20 heteroatoms. The van der Waals surface area contributed by atoms with E-state index in [1.807, 2.05) is 29.2 Å². The normalized spacial score (nSPS) is 17.6. The highest BCUT2D eigenvalue weighted by Crippen LogP contribution is 2.50. The Morgan fingerprint density at radius 2 is 1.66 bits per heavy atom. The number of pyridine rings is 2. The van der Waals surface area contributed by atoms with E-state index in [0.29, 0.717) is 36.4 Å². The van der Waals surface area contributed by atoms with Crippen LogP contribution >= 0.6 is 11.6 Å². The first-order valence-electron chi connectivity index (χ1n) is 21.7. The second-order valence-electron chi connectivity index (χ2n) is 17.1. The number of carbonyl (C=O) groups is 1. The summed E-state index contributed by atoms with van der Waals surface area (Å²) in [5, 5.41) is 11.9. The van der Waals surface area contributed by atoms with Gasteiger partial charge >= 0.3 is 18.3 Å². The van der Waals surface area contributed by atoms with Gasteiger partial charge in [0.25, 0.3) is 5.92 Å². The van der Waals surface area contributed by atoms with Gasteiger partial charge in [-0.15, -0.1) is 0 Å². The Labute approximate surface area is 392 Å². The zero-order chi connectivity index (χ0) is 48.0. The minimum atomic E-state index is -4.90. The molecule has 2 saturated heterocycles. The maximum Gasteiger partial charge on any atom is 0.418 e. The number of aromatic nitrogens is 4. The number of hydrogen-bond donors (Lipinski definition) is 2. The fraction of sp³-hybridized carbons (Fsp3) is 0.354. The molecular weight excluding hydrogens is 915 g/mol. The number of nitrogens with zero attached hydrogens (tertiary/aromatic N) is 7. The Balaban J connectivity index is 1.20. The largest absolute Gasteiger partial charge is 0.497 e. The zero-order valence-corrected chi connectivity index (χ0v) is 37.9. The van der Waals surface area contributed by atoms with E-state index in [-0.39, 0.29) is 95.7 Å². The van der Waals surface area contributed by atoms with Crippen LogP contribution in [0.2, 0.25) is 5.02 Å². The quantitative estimate of drug-likeness (QED) is 0.1000. The van der Waals surface area contributed by atoms with Crippen molar-refractivity contribution in [2.24, 2.45) is 0 Å². The van der Waals surface area contributed by atoms with Crippen LogP contribution in [-0.4, -0.2) is 94.6 Å². The number of rotatable bonds is 14. The van der Waals surface area contributed by atoms with Gasteiger partial charge in [-0.05, 0) is 85.5 Å². The Morgan fingerprint density at radius 3 is 2.31 bits per heavy atom. The van der Waals surface area contributed by atoms with Crippen LogP contribution < -0.4 is 34.1 Å². The molecule has 9 rings (SSSR count). The van der Waals surface area contributed by atoms with Gasteiger partial charge < -0.3 is 33.9 Å². The van der Waals surface area contributed by atoms with Crippen molar-refractivity contribution < 1.29 is 50.8 Å². The smallest absolute Gasteiger partial charge is 0.418 e. The molecule has 0 unspecified atom stereocenters. The summed E-state index contributed by atoms with van der Waals surface area (Å²) in [6.07, 6.45) is -4.06. The Bertz CT molecular complexity index is 2810. The molecule has 6 heterocycles. The van der Waals surface area contributed by atoms with Gasteiger partial charge in [0.15, 0.2) is 5.75 Å². The topological polar surface area (TPSA) is 148 Å². The van der Waals surface area contributed by atoms with Crippen LogP contribution in [0.15, 0.2) is 79.0 Å². The average Bonchev–Trinajstić information content (AvgIpc) is 3.72.